The van der Waals surface area contributed by atoms with Crippen molar-refractivity contribution in [3.05, 3.63) is 35.6 Å². The van der Waals surface area contributed by atoms with Crippen LogP contribution in [0, 0.1) is 5.82 Å². The van der Waals surface area contributed by atoms with Crippen LogP contribution in [0.25, 0.3) is 0 Å². The van der Waals surface area contributed by atoms with Gasteiger partial charge in [-0.1, -0.05) is 12.1 Å². The minimum absolute atomic E-state index is 0.0258. The third kappa shape index (κ3) is 5.80. The SMILES string of the molecule is CS(=O)(=O)N1CCC(NC(=O)NCCc2cccc(F)c2)CC1. The summed E-state index contributed by atoms with van der Waals surface area (Å²) in [5.74, 6) is -0.287. The largest absolute Gasteiger partial charge is 0.338 e. The summed E-state index contributed by atoms with van der Waals surface area (Å²) < 4.78 is 37.3. The van der Waals surface area contributed by atoms with E-state index in [0.29, 0.717) is 38.9 Å². The van der Waals surface area contributed by atoms with Crippen molar-refractivity contribution in [3.8, 4) is 0 Å². The number of sulfonamides is 1. The van der Waals surface area contributed by atoms with Crippen LogP contribution in [0.2, 0.25) is 0 Å². The Kier molecular flexibility index (Phi) is 5.95. The molecule has 1 aromatic rings. The maximum absolute atomic E-state index is 13.0. The number of hydrogen-bond donors (Lipinski definition) is 2. The van der Waals surface area contributed by atoms with E-state index in [9.17, 15) is 17.6 Å². The van der Waals surface area contributed by atoms with Crippen LogP contribution in [0.4, 0.5) is 9.18 Å². The van der Waals surface area contributed by atoms with Gasteiger partial charge in [-0.05, 0) is 37.0 Å². The molecule has 0 saturated carbocycles. The molecule has 0 aromatic heterocycles. The van der Waals surface area contributed by atoms with Crippen molar-refractivity contribution in [2.45, 2.75) is 25.3 Å². The predicted octanol–water partition coefficient (Wildman–Crippen LogP) is 1.09. The molecule has 0 atom stereocenters. The summed E-state index contributed by atoms with van der Waals surface area (Å²) in [6.07, 6.45) is 2.95. The van der Waals surface area contributed by atoms with Gasteiger partial charge in [0.1, 0.15) is 5.82 Å². The van der Waals surface area contributed by atoms with Gasteiger partial charge in [0, 0.05) is 25.7 Å². The highest BCUT2D eigenvalue weighted by atomic mass is 32.2. The molecule has 1 fully saturated rings. The first-order valence-electron chi connectivity index (χ1n) is 7.58. The smallest absolute Gasteiger partial charge is 0.315 e. The van der Waals surface area contributed by atoms with Crippen LogP contribution >= 0.6 is 0 Å². The van der Waals surface area contributed by atoms with E-state index in [4.69, 9.17) is 0 Å². The second kappa shape index (κ2) is 7.74. The minimum atomic E-state index is -3.15. The lowest BCUT2D eigenvalue weighted by Crippen LogP contribution is -2.49. The van der Waals surface area contributed by atoms with Crippen molar-refractivity contribution in [1.29, 1.82) is 0 Å². The summed E-state index contributed by atoms with van der Waals surface area (Å²) in [5, 5.41) is 5.58. The fourth-order valence-corrected chi connectivity index (χ4v) is 3.46. The van der Waals surface area contributed by atoms with E-state index in [-0.39, 0.29) is 17.9 Å². The number of hydrogen-bond acceptors (Lipinski definition) is 3. The Labute approximate surface area is 136 Å². The molecule has 2 amide bonds. The Balaban J connectivity index is 1.68. The van der Waals surface area contributed by atoms with Crippen molar-refractivity contribution in [3.63, 3.8) is 0 Å². The highest BCUT2D eigenvalue weighted by molar-refractivity contribution is 7.88. The van der Waals surface area contributed by atoms with Crippen LogP contribution in [0.5, 0.6) is 0 Å². The summed E-state index contributed by atoms with van der Waals surface area (Å²) in [4.78, 5) is 11.8. The zero-order valence-corrected chi connectivity index (χ0v) is 13.9. The summed E-state index contributed by atoms with van der Waals surface area (Å²) in [6.45, 7) is 1.26. The quantitative estimate of drug-likeness (QED) is 0.840. The van der Waals surface area contributed by atoms with E-state index < -0.39 is 10.0 Å². The van der Waals surface area contributed by atoms with E-state index in [1.165, 1.54) is 22.7 Å². The number of nitrogens with zero attached hydrogens (tertiary/aromatic N) is 1. The lowest BCUT2D eigenvalue weighted by molar-refractivity contribution is 0.228. The van der Waals surface area contributed by atoms with Crippen molar-refractivity contribution in [1.82, 2.24) is 14.9 Å². The number of carbonyl (C=O) groups is 1. The highest BCUT2D eigenvalue weighted by Gasteiger charge is 2.25. The topological polar surface area (TPSA) is 78.5 Å². The molecule has 8 heteroatoms. The summed E-state index contributed by atoms with van der Waals surface area (Å²) in [5.41, 5.74) is 0.826. The molecule has 1 aliphatic rings. The van der Waals surface area contributed by atoms with Crippen molar-refractivity contribution < 1.29 is 17.6 Å². The number of amides is 2. The predicted molar refractivity (Wildman–Crippen MR) is 86.1 cm³/mol. The van der Waals surface area contributed by atoms with E-state index in [2.05, 4.69) is 10.6 Å². The van der Waals surface area contributed by atoms with Crippen LogP contribution in [0.15, 0.2) is 24.3 Å². The normalized spacial score (nSPS) is 17.0. The van der Waals surface area contributed by atoms with E-state index in [0.717, 1.165) is 5.56 Å². The van der Waals surface area contributed by atoms with E-state index >= 15 is 0 Å². The molecule has 1 heterocycles. The van der Waals surface area contributed by atoms with Gasteiger partial charge in [-0.15, -0.1) is 0 Å². The van der Waals surface area contributed by atoms with Crippen LogP contribution in [0.3, 0.4) is 0 Å². The lowest BCUT2D eigenvalue weighted by Gasteiger charge is -2.30. The molecular formula is C15H22FN3O3S. The Bertz CT molecular complexity index is 643. The number of carbonyl (C=O) groups excluding carboxylic acids is 1. The van der Waals surface area contributed by atoms with Crippen molar-refractivity contribution in [2.75, 3.05) is 25.9 Å². The average Bonchev–Trinajstić information content (AvgIpc) is 2.47. The van der Waals surface area contributed by atoms with E-state index in [1.807, 2.05) is 6.07 Å². The molecule has 0 radical (unpaired) electrons. The minimum Gasteiger partial charge on any atom is -0.338 e. The van der Waals surface area contributed by atoms with Gasteiger partial charge in [0.25, 0.3) is 0 Å². The molecule has 0 aliphatic carbocycles. The first-order valence-corrected chi connectivity index (χ1v) is 9.43. The van der Waals surface area contributed by atoms with Gasteiger partial charge < -0.3 is 10.6 Å². The molecule has 1 saturated heterocycles. The van der Waals surface area contributed by atoms with Crippen LogP contribution in [-0.2, 0) is 16.4 Å². The number of benzene rings is 1. The monoisotopic (exact) mass is 343 g/mol. The molecule has 128 valence electrons. The first-order chi connectivity index (χ1) is 10.8. The third-order valence-corrected chi connectivity index (χ3v) is 5.15. The summed E-state index contributed by atoms with van der Waals surface area (Å²) in [7, 11) is -3.15. The molecule has 0 spiro atoms. The Hall–Kier alpha value is -1.67. The maximum Gasteiger partial charge on any atom is 0.315 e. The Morgan fingerprint density at radius 1 is 1.35 bits per heavy atom. The molecule has 2 N–H and O–H groups in total. The van der Waals surface area contributed by atoms with Crippen molar-refractivity contribution in [2.24, 2.45) is 0 Å². The average molecular weight is 343 g/mol. The number of rotatable bonds is 5. The van der Waals surface area contributed by atoms with Gasteiger partial charge in [-0.2, -0.15) is 0 Å². The van der Waals surface area contributed by atoms with Crippen molar-refractivity contribution >= 4 is 16.1 Å². The van der Waals surface area contributed by atoms with Gasteiger partial charge in [0.15, 0.2) is 0 Å². The number of nitrogens with one attached hydrogen (secondary N) is 2. The molecule has 23 heavy (non-hydrogen) atoms. The standard InChI is InChI=1S/C15H22FN3O3S/c1-23(21,22)19-9-6-14(7-10-19)18-15(20)17-8-5-12-3-2-4-13(16)11-12/h2-4,11,14H,5-10H2,1H3,(H2,17,18,20). The third-order valence-electron chi connectivity index (χ3n) is 3.85. The van der Waals surface area contributed by atoms with Gasteiger partial charge in [-0.3, -0.25) is 0 Å². The van der Waals surface area contributed by atoms with E-state index in [1.54, 1.807) is 6.07 Å². The molecule has 6 nitrogen and oxygen atoms in total. The summed E-state index contributed by atoms with van der Waals surface area (Å²) in [6, 6.07) is 5.97. The van der Waals surface area contributed by atoms with Gasteiger partial charge in [0.05, 0.1) is 6.26 Å². The molecular weight excluding hydrogens is 321 g/mol. The molecule has 1 aliphatic heterocycles. The zero-order chi connectivity index (χ0) is 16.9. The van der Waals surface area contributed by atoms with Crippen LogP contribution in [0.1, 0.15) is 18.4 Å². The van der Waals surface area contributed by atoms with Gasteiger partial charge in [0.2, 0.25) is 10.0 Å². The molecule has 0 unspecified atom stereocenters. The first kappa shape index (κ1) is 17.7. The van der Waals surface area contributed by atoms with Gasteiger partial charge in [-0.25, -0.2) is 21.9 Å². The van der Waals surface area contributed by atoms with Crippen LogP contribution in [-0.4, -0.2) is 50.7 Å². The second-order valence-electron chi connectivity index (χ2n) is 5.72. The van der Waals surface area contributed by atoms with Gasteiger partial charge >= 0.3 is 6.03 Å². The Morgan fingerprint density at radius 2 is 2.04 bits per heavy atom. The second-order valence-corrected chi connectivity index (χ2v) is 7.70. The lowest BCUT2D eigenvalue weighted by atomic mass is 10.1. The number of halogens is 1. The number of piperidine rings is 1. The zero-order valence-electron chi connectivity index (χ0n) is 13.1. The molecule has 1 aromatic carbocycles. The molecule has 2 rings (SSSR count). The highest BCUT2D eigenvalue weighted by Crippen LogP contribution is 2.13. The maximum atomic E-state index is 13.0. The molecule has 0 bridgehead atoms. The fraction of sp³-hybridized carbons (Fsp3) is 0.533. The fourth-order valence-electron chi connectivity index (χ4n) is 2.58. The Morgan fingerprint density at radius 3 is 2.65 bits per heavy atom. The summed E-state index contributed by atoms with van der Waals surface area (Å²) >= 11 is 0. The van der Waals surface area contributed by atoms with Crippen LogP contribution < -0.4 is 10.6 Å². The number of urea groups is 1.